The highest BCUT2D eigenvalue weighted by atomic mass is 32.1. The first-order valence-electron chi connectivity index (χ1n) is 8.22. The fraction of sp³-hybridized carbons (Fsp3) is 0.278. The summed E-state index contributed by atoms with van der Waals surface area (Å²) in [4.78, 5) is 35.4. The number of nitriles is 1. The zero-order valence-electron chi connectivity index (χ0n) is 14.2. The number of anilines is 1. The van der Waals surface area contributed by atoms with E-state index in [1.54, 1.807) is 6.07 Å². The van der Waals surface area contributed by atoms with Gasteiger partial charge >= 0.3 is 5.97 Å². The number of fused-ring (bicyclic) bond motifs is 1. The van der Waals surface area contributed by atoms with Crippen LogP contribution in [0.5, 0.6) is 0 Å². The maximum Gasteiger partial charge on any atom is 0.311 e. The Kier molecular flexibility index (Phi) is 5.47. The van der Waals surface area contributed by atoms with Crippen LogP contribution in [0.1, 0.15) is 28.0 Å². The summed E-state index contributed by atoms with van der Waals surface area (Å²) in [5.74, 6) is -1.30. The number of nitrogens with one attached hydrogen (secondary N) is 1. The second-order valence-corrected chi connectivity index (χ2v) is 7.05. The van der Waals surface area contributed by atoms with Crippen LogP contribution in [-0.4, -0.2) is 23.4 Å². The first-order chi connectivity index (χ1) is 13.0. The fourth-order valence-electron chi connectivity index (χ4n) is 2.96. The highest BCUT2D eigenvalue weighted by Crippen LogP contribution is 2.38. The van der Waals surface area contributed by atoms with Gasteiger partial charge in [-0.3, -0.25) is 19.7 Å². The second-order valence-electron chi connectivity index (χ2n) is 5.94. The minimum Gasteiger partial charge on any atom is -0.455 e. The Bertz CT molecular complexity index is 960. The summed E-state index contributed by atoms with van der Waals surface area (Å²) < 4.78 is 4.91. The number of benzene rings is 1. The molecule has 1 aliphatic rings. The number of carbonyl (C=O) groups is 2. The van der Waals surface area contributed by atoms with Gasteiger partial charge in [-0.2, -0.15) is 5.26 Å². The van der Waals surface area contributed by atoms with E-state index in [9.17, 15) is 25.0 Å². The molecule has 0 unspecified atom stereocenters. The highest BCUT2D eigenvalue weighted by Gasteiger charge is 2.23. The quantitative estimate of drug-likeness (QED) is 0.463. The number of rotatable bonds is 6. The van der Waals surface area contributed by atoms with Crippen molar-refractivity contribution in [1.29, 1.82) is 5.26 Å². The lowest BCUT2D eigenvalue weighted by molar-refractivity contribution is -0.385. The molecule has 1 aromatic carbocycles. The third-order valence-corrected chi connectivity index (χ3v) is 5.38. The fourth-order valence-corrected chi connectivity index (χ4v) is 4.22. The number of carbonyl (C=O) groups excluding carboxylic acids is 2. The number of nitro benzene ring substituents is 1. The van der Waals surface area contributed by atoms with Gasteiger partial charge in [-0.05, 0) is 24.8 Å². The molecule has 27 heavy (non-hydrogen) atoms. The van der Waals surface area contributed by atoms with E-state index in [1.165, 1.54) is 29.5 Å². The van der Waals surface area contributed by atoms with E-state index in [0.29, 0.717) is 10.6 Å². The number of aryl methyl sites for hydroxylation is 1. The molecule has 1 N–H and O–H groups in total. The molecule has 8 nitrogen and oxygen atoms in total. The number of para-hydroxylation sites is 1. The molecule has 1 heterocycles. The third-order valence-electron chi connectivity index (χ3n) is 4.17. The molecule has 0 fully saturated rings. The van der Waals surface area contributed by atoms with E-state index in [0.717, 1.165) is 29.7 Å². The van der Waals surface area contributed by atoms with E-state index in [1.807, 2.05) is 0 Å². The topological polar surface area (TPSA) is 122 Å². The summed E-state index contributed by atoms with van der Waals surface area (Å²) in [6.45, 7) is -0.521. The summed E-state index contributed by atoms with van der Waals surface area (Å²) in [6.07, 6.45) is 2.43. The molecule has 0 spiro atoms. The lowest BCUT2D eigenvalue weighted by Crippen LogP contribution is -2.21. The van der Waals surface area contributed by atoms with Crippen LogP contribution >= 0.6 is 11.3 Å². The number of hydrogen-bond donors (Lipinski definition) is 1. The van der Waals surface area contributed by atoms with Crippen molar-refractivity contribution >= 4 is 33.9 Å². The molecule has 9 heteroatoms. The Balaban J connectivity index is 1.57. The average molecular weight is 385 g/mol. The van der Waals surface area contributed by atoms with Crippen molar-refractivity contribution in [2.75, 3.05) is 11.9 Å². The van der Waals surface area contributed by atoms with Gasteiger partial charge in [0.2, 0.25) is 0 Å². The number of hydrogen-bond acceptors (Lipinski definition) is 7. The van der Waals surface area contributed by atoms with E-state index in [2.05, 4.69) is 11.4 Å². The van der Waals surface area contributed by atoms with Gasteiger partial charge in [-0.15, -0.1) is 11.3 Å². The third kappa shape index (κ3) is 4.12. The van der Waals surface area contributed by atoms with Crippen LogP contribution in [0.2, 0.25) is 0 Å². The van der Waals surface area contributed by atoms with Crippen LogP contribution in [0.3, 0.4) is 0 Å². The Morgan fingerprint density at radius 1 is 1.33 bits per heavy atom. The molecule has 0 bridgehead atoms. The van der Waals surface area contributed by atoms with Gasteiger partial charge in [0.1, 0.15) is 11.1 Å². The van der Waals surface area contributed by atoms with Crippen LogP contribution in [0, 0.1) is 21.4 Å². The second kappa shape index (κ2) is 7.97. The Morgan fingerprint density at radius 3 is 2.85 bits per heavy atom. The minimum absolute atomic E-state index is 0.175. The first-order valence-corrected chi connectivity index (χ1v) is 9.03. The van der Waals surface area contributed by atoms with Crippen molar-refractivity contribution in [2.24, 2.45) is 0 Å². The minimum atomic E-state index is -0.742. The van der Waals surface area contributed by atoms with Gasteiger partial charge < -0.3 is 10.1 Å². The van der Waals surface area contributed by atoms with Crippen LogP contribution < -0.4 is 5.32 Å². The molecule has 0 atom stereocenters. The summed E-state index contributed by atoms with van der Waals surface area (Å²) in [5.41, 5.74) is 1.51. The molecule has 3 rings (SSSR count). The molecule has 1 aromatic heterocycles. The van der Waals surface area contributed by atoms with Crippen molar-refractivity contribution in [1.82, 2.24) is 0 Å². The molecule has 138 valence electrons. The van der Waals surface area contributed by atoms with E-state index < -0.39 is 23.4 Å². The van der Waals surface area contributed by atoms with Crippen LogP contribution in [0.15, 0.2) is 24.3 Å². The molecule has 0 aliphatic heterocycles. The monoisotopic (exact) mass is 385 g/mol. The summed E-state index contributed by atoms with van der Waals surface area (Å²) in [5, 5.41) is 23.3. The van der Waals surface area contributed by atoms with E-state index >= 15 is 0 Å². The van der Waals surface area contributed by atoms with Crippen molar-refractivity contribution in [3.63, 3.8) is 0 Å². The van der Waals surface area contributed by atoms with E-state index in [-0.39, 0.29) is 17.7 Å². The van der Waals surface area contributed by atoms with Crippen molar-refractivity contribution in [2.45, 2.75) is 25.7 Å². The predicted molar refractivity (Wildman–Crippen MR) is 97.4 cm³/mol. The molecule has 0 saturated heterocycles. The number of amides is 1. The van der Waals surface area contributed by atoms with Crippen LogP contribution in [-0.2, 0) is 33.6 Å². The smallest absolute Gasteiger partial charge is 0.311 e. The highest BCUT2D eigenvalue weighted by molar-refractivity contribution is 7.16. The normalized spacial score (nSPS) is 12.1. The van der Waals surface area contributed by atoms with Gasteiger partial charge in [-0.25, -0.2) is 0 Å². The summed E-state index contributed by atoms with van der Waals surface area (Å²) >= 11 is 1.37. The number of nitro groups is 1. The predicted octanol–water partition coefficient (Wildman–Crippen LogP) is 2.74. The maximum absolute atomic E-state index is 12.0. The summed E-state index contributed by atoms with van der Waals surface area (Å²) in [6, 6.07) is 7.97. The Labute approximate surface area is 158 Å². The number of esters is 1. The molecule has 2 aromatic rings. The SMILES string of the molecule is N#Cc1c(NC(=O)COC(=O)Cc2ccccc2[N+](=O)[O-])sc2c1CCC2. The molecular formula is C18H15N3O5S. The van der Waals surface area contributed by atoms with E-state index in [4.69, 9.17) is 4.74 Å². The number of thiophene rings is 1. The molecular weight excluding hydrogens is 370 g/mol. The zero-order chi connectivity index (χ0) is 19.4. The van der Waals surface area contributed by atoms with Crippen LogP contribution in [0.4, 0.5) is 10.7 Å². The zero-order valence-corrected chi connectivity index (χ0v) is 15.0. The lowest BCUT2D eigenvalue weighted by atomic mass is 10.1. The largest absolute Gasteiger partial charge is 0.455 e. The van der Waals surface area contributed by atoms with Crippen molar-refractivity contribution < 1.29 is 19.2 Å². The lowest BCUT2D eigenvalue weighted by Gasteiger charge is -2.06. The Morgan fingerprint density at radius 2 is 2.11 bits per heavy atom. The van der Waals surface area contributed by atoms with Crippen LogP contribution in [0.25, 0.3) is 0 Å². The molecule has 1 aliphatic carbocycles. The average Bonchev–Trinajstić information content (AvgIpc) is 3.20. The van der Waals surface area contributed by atoms with Gasteiger partial charge in [0.15, 0.2) is 6.61 Å². The van der Waals surface area contributed by atoms with Gasteiger partial charge in [0.25, 0.3) is 11.6 Å². The standard InChI is InChI=1S/C18H15N3O5S/c19-9-13-12-5-3-7-15(12)27-18(13)20-16(22)10-26-17(23)8-11-4-1-2-6-14(11)21(24)25/h1-2,4,6H,3,5,7-8,10H2,(H,20,22). The molecule has 0 saturated carbocycles. The summed E-state index contributed by atoms with van der Waals surface area (Å²) in [7, 11) is 0. The first kappa shape index (κ1) is 18.5. The van der Waals surface area contributed by atoms with Gasteiger partial charge in [0, 0.05) is 16.5 Å². The van der Waals surface area contributed by atoms with Gasteiger partial charge in [0.05, 0.1) is 16.9 Å². The molecule has 1 amide bonds. The van der Waals surface area contributed by atoms with Gasteiger partial charge in [-0.1, -0.05) is 18.2 Å². The molecule has 0 radical (unpaired) electrons. The Hall–Kier alpha value is -3.25. The van der Waals surface area contributed by atoms with Crippen molar-refractivity contribution in [3.05, 3.63) is 55.9 Å². The maximum atomic E-state index is 12.0. The number of ether oxygens (including phenoxy) is 1. The number of nitrogens with zero attached hydrogens (tertiary/aromatic N) is 2. The van der Waals surface area contributed by atoms with Crippen molar-refractivity contribution in [3.8, 4) is 6.07 Å².